The fourth-order valence-electron chi connectivity index (χ4n) is 2.98. The van der Waals surface area contributed by atoms with Gasteiger partial charge in [0.1, 0.15) is 18.1 Å². The predicted molar refractivity (Wildman–Crippen MR) is 101 cm³/mol. The lowest BCUT2D eigenvalue weighted by Gasteiger charge is -2.12. The molecule has 0 bridgehead atoms. The van der Waals surface area contributed by atoms with Gasteiger partial charge < -0.3 is 19.8 Å². The van der Waals surface area contributed by atoms with Crippen LogP contribution >= 0.6 is 11.8 Å². The molecule has 0 aliphatic carbocycles. The largest absolute Gasteiger partial charge is 0.497 e. The molecule has 2 N–H and O–H groups in total. The smallest absolute Gasteiger partial charge is 0.231 e. The van der Waals surface area contributed by atoms with Crippen LogP contribution in [-0.2, 0) is 4.79 Å². The summed E-state index contributed by atoms with van der Waals surface area (Å²) in [5.41, 5.74) is 4.01. The minimum absolute atomic E-state index is 0.0593. The topological polar surface area (TPSA) is 76.2 Å². The first kappa shape index (κ1) is 16.8. The fraction of sp³-hybridized carbons (Fsp3) is 0.263. The molecule has 1 aliphatic heterocycles. The molecule has 0 spiro atoms. The fourth-order valence-corrected chi connectivity index (χ4v) is 3.67. The Balaban J connectivity index is 1.39. The van der Waals surface area contributed by atoms with Crippen molar-refractivity contribution in [1.29, 1.82) is 0 Å². The summed E-state index contributed by atoms with van der Waals surface area (Å²) < 4.78 is 10.9. The highest BCUT2D eigenvalue weighted by molar-refractivity contribution is 7.99. The van der Waals surface area contributed by atoms with Crippen LogP contribution < -0.4 is 14.8 Å². The molecule has 6 nitrogen and oxygen atoms in total. The zero-order chi connectivity index (χ0) is 18.1. The van der Waals surface area contributed by atoms with E-state index in [1.165, 1.54) is 17.3 Å². The van der Waals surface area contributed by atoms with Crippen LogP contribution in [0.3, 0.4) is 0 Å². The highest BCUT2D eigenvalue weighted by atomic mass is 32.2. The van der Waals surface area contributed by atoms with Gasteiger partial charge in [0.05, 0.1) is 29.9 Å². The van der Waals surface area contributed by atoms with Crippen LogP contribution in [0.4, 0.5) is 0 Å². The summed E-state index contributed by atoms with van der Waals surface area (Å²) in [6.45, 7) is 2.47. The van der Waals surface area contributed by atoms with Crippen LogP contribution in [0, 0.1) is 6.92 Å². The number of amides is 1. The van der Waals surface area contributed by atoms with Crippen LogP contribution in [0.2, 0.25) is 0 Å². The standard InChI is InChI=1S/C19H19N3O3S/c1-11-3-5-14-15(7-11)22-19(21-14)26-10-18(23)20-16-9-25-17-6-4-12(24-2)8-13(16)17/h3-8,16H,9-10H2,1-2H3,(H,20,23)(H,21,22). The Labute approximate surface area is 155 Å². The van der Waals surface area contributed by atoms with Crippen LogP contribution in [0.5, 0.6) is 11.5 Å². The average Bonchev–Trinajstić information content (AvgIpc) is 3.23. The lowest BCUT2D eigenvalue weighted by Crippen LogP contribution is -2.30. The second-order valence-corrected chi connectivity index (χ2v) is 7.15. The first-order valence-electron chi connectivity index (χ1n) is 8.31. The van der Waals surface area contributed by atoms with Gasteiger partial charge in [0.15, 0.2) is 5.16 Å². The van der Waals surface area contributed by atoms with Crippen molar-refractivity contribution in [1.82, 2.24) is 15.3 Å². The van der Waals surface area contributed by atoms with Crippen molar-refractivity contribution in [3.05, 3.63) is 47.5 Å². The first-order valence-corrected chi connectivity index (χ1v) is 9.30. The molecular weight excluding hydrogens is 350 g/mol. The Morgan fingerprint density at radius 2 is 2.27 bits per heavy atom. The number of H-pyrrole nitrogens is 1. The molecule has 2 aromatic carbocycles. The molecule has 1 aliphatic rings. The van der Waals surface area contributed by atoms with Gasteiger partial charge in [-0.05, 0) is 42.8 Å². The lowest BCUT2D eigenvalue weighted by molar-refractivity contribution is -0.119. The van der Waals surface area contributed by atoms with Crippen molar-refractivity contribution in [2.75, 3.05) is 19.5 Å². The molecule has 0 saturated carbocycles. The molecule has 7 heteroatoms. The molecule has 1 atom stereocenters. The Hall–Kier alpha value is -2.67. The Morgan fingerprint density at radius 1 is 1.38 bits per heavy atom. The summed E-state index contributed by atoms with van der Waals surface area (Å²) in [5, 5.41) is 3.76. The highest BCUT2D eigenvalue weighted by Crippen LogP contribution is 2.35. The average molecular weight is 369 g/mol. The van der Waals surface area contributed by atoms with Gasteiger partial charge in [0, 0.05) is 5.56 Å². The number of aromatic nitrogens is 2. The molecule has 3 aromatic rings. The summed E-state index contributed by atoms with van der Waals surface area (Å²) in [6.07, 6.45) is 0. The molecule has 4 rings (SSSR count). The lowest BCUT2D eigenvalue weighted by atomic mass is 10.1. The van der Waals surface area contributed by atoms with Crippen molar-refractivity contribution in [3.63, 3.8) is 0 Å². The molecule has 1 aromatic heterocycles. The number of ether oxygens (including phenoxy) is 2. The van der Waals surface area contributed by atoms with E-state index < -0.39 is 0 Å². The Bertz CT molecular complexity index is 970. The van der Waals surface area contributed by atoms with Gasteiger partial charge in [-0.25, -0.2) is 4.98 Å². The SMILES string of the molecule is COc1ccc2c(c1)C(NC(=O)CSc1nc3ccc(C)cc3[nH]1)CO2. The van der Waals surface area contributed by atoms with Crippen LogP contribution in [0.15, 0.2) is 41.6 Å². The number of hydrogen-bond donors (Lipinski definition) is 2. The maximum atomic E-state index is 12.3. The number of imidazole rings is 1. The van der Waals surface area contributed by atoms with Gasteiger partial charge in [-0.2, -0.15) is 0 Å². The van der Waals surface area contributed by atoms with Gasteiger partial charge >= 0.3 is 0 Å². The van der Waals surface area contributed by atoms with Crippen molar-refractivity contribution >= 4 is 28.7 Å². The highest BCUT2D eigenvalue weighted by Gasteiger charge is 2.26. The van der Waals surface area contributed by atoms with E-state index in [1.54, 1.807) is 7.11 Å². The number of aromatic amines is 1. The zero-order valence-electron chi connectivity index (χ0n) is 14.5. The van der Waals surface area contributed by atoms with E-state index in [4.69, 9.17) is 9.47 Å². The minimum Gasteiger partial charge on any atom is -0.497 e. The summed E-state index contributed by atoms with van der Waals surface area (Å²) in [5.74, 6) is 1.77. The van der Waals surface area contributed by atoms with Gasteiger partial charge in [-0.1, -0.05) is 17.8 Å². The van der Waals surface area contributed by atoms with Gasteiger partial charge in [-0.15, -0.1) is 0 Å². The number of carbonyl (C=O) groups excluding carboxylic acids is 1. The van der Waals surface area contributed by atoms with E-state index in [1.807, 2.05) is 43.3 Å². The van der Waals surface area contributed by atoms with Gasteiger partial charge in [0.2, 0.25) is 5.91 Å². The van der Waals surface area contributed by atoms with Crippen molar-refractivity contribution < 1.29 is 14.3 Å². The van der Waals surface area contributed by atoms with E-state index in [0.29, 0.717) is 6.61 Å². The van der Waals surface area contributed by atoms with Gasteiger partial charge in [-0.3, -0.25) is 4.79 Å². The molecule has 0 radical (unpaired) electrons. The molecule has 0 saturated heterocycles. The quantitative estimate of drug-likeness (QED) is 0.676. The minimum atomic E-state index is -0.161. The zero-order valence-corrected chi connectivity index (χ0v) is 15.4. The Morgan fingerprint density at radius 3 is 3.12 bits per heavy atom. The second kappa shape index (κ2) is 6.92. The number of carbonyl (C=O) groups is 1. The van der Waals surface area contributed by atoms with E-state index in [-0.39, 0.29) is 17.7 Å². The van der Waals surface area contributed by atoms with E-state index in [0.717, 1.165) is 33.3 Å². The normalized spacial score (nSPS) is 15.5. The Kier molecular flexibility index (Phi) is 4.46. The summed E-state index contributed by atoms with van der Waals surface area (Å²) in [4.78, 5) is 20.1. The number of benzene rings is 2. The number of aryl methyl sites for hydroxylation is 1. The molecule has 0 fully saturated rings. The summed E-state index contributed by atoms with van der Waals surface area (Å²) >= 11 is 1.39. The first-order chi connectivity index (χ1) is 12.6. The number of nitrogens with zero attached hydrogens (tertiary/aromatic N) is 1. The van der Waals surface area contributed by atoms with Crippen LogP contribution in [-0.4, -0.2) is 35.3 Å². The predicted octanol–water partition coefficient (Wildman–Crippen LogP) is 3.22. The van der Waals surface area contributed by atoms with Gasteiger partial charge in [0.25, 0.3) is 0 Å². The number of hydrogen-bond acceptors (Lipinski definition) is 5. The molecular formula is C19H19N3O3S. The molecule has 26 heavy (non-hydrogen) atoms. The molecule has 134 valence electrons. The van der Waals surface area contributed by atoms with Crippen LogP contribution in [0.1, 0.15) is 17.2 Å². The number of thioether (sulfide) groups is 1. The van der Waals surface area contributed by atoms with Crippen molar-refractivity contribution in [2.24, 2.45) is 0 Å². The maximum absolute atomic E-state index is 12.3. The van der Waals surface area contributed by atoms with E-state index in [2.05, 4.69) is 15.3 Å². The van der Waals surface area contributed by atoms with E-state index >= 15 is 0 Å². The molecule has 1 unspecified atom stereocenters. The second-order valence-electron chi connectivity index (χ2n) is 6.19. The number of nitrogens with one attached hydrogen (secondary N) is 2. The maximum Gasteiger partial charge on any atom is 0.231 e. The molecule has 1 amide bonds. The number of rotatable bonds is 5. The third-order valence-corrected chi connectivity index (χ3v) is 5.16. The van der Waals surface area contributed by atoms with Crippen LogP contribution in [0.25, 0.3) is 11.0 Å². The van der Waals surface area contributed by atoms with Crippen molar-refractivity contribution in [3.8, 4) is 11.5 Å². The monoisotopic (exact) mass is 369 g/mol. The number of methoxy groups -OCH3 is 1. The third-order valence-electron chi connectivity index (χ3n) is 4.29. The number of fused-ring (bicyclic) bond motifs is 2. The van der Waals surface area contributed by atoms with Crippen molar-refractivity contribution in [2.45, 2.75) is 18.1 Å². The summed E-state index contributed by atoms with van der Waals surface area (Å²) in [7, 11) is 1.62. The molecule has 2 heterocycles. The summed E-state index contributed by atoms with van der Waals surface area (Å²) in [6, 6.07) is 11.5. The van der Waals surface area contributed by atoms with E-state index in [9.17, 15) is 4.79 Å². The third kappa shape index (κ3) is 3.35.